The summed E-state index contributed by atoms with van der Waals surface area (Å²) in [5.41, 5.74) is -1.56. The van der Waals surface area contributed by atoms with Gasteiger partial charge >= 0.3 is 18.0 Å². The third-order valence-corrected chi connectivity index (χ3v) is 5.79. The maximum atomic E-state index is 13.0. The number of carboxylic acid groups (broad SMARTS) is 1. The van der Waals surface area contributed by atoms with E-state index in [1.165, 1.54) is 21.6 Å². The number of thioether (sulfide) groups is 1. The third kappa shape index (κ3) is 4.96. The lowest BCUT2D eigenvalue weighted by Crippen LogP contribution is -2.71. The van der Waals surface area contributed by atoms with Crippen LogP contribution in [0.1, 0.15) is 61.8 Å². The van der Waals surface area contributed by atoms with E-state index in [9.17, 15) is 24.3 Å². The van der Waals surface area contributed by atoms with E-state index in [2.05, 4.69) is 0 Å². The lowest BCUT2D eigenvalue weighted by molar-refractivity contribution is -0.176. The Kier molecular flexibility index (Phi) is 5.93. The first-order valence-electron chi connectivity index (χ1n) is 9.41. The highest BCUT2D eigenvalue weighted by atomic mass is 32.2. The maximum absolute atomic E-state index is 13.0. The highest BCUT2D eigenvalue weighted by Gasteiger charge is 2.66. The first-order valence-corrected chi connectivity index (χ1v) is 10.3. The van der Waals surface area contributed by atoms with Gasteiger partial charge in [0.1, 0.15) is 28.7 Å². The molecule has 10 heteroatoms. The standard InChI is InChI=1S/C19H30N2O7S/c1-17(2,3)27-15(25)10(9-11(22)23)20-13(24)12-14(20)29-19(7,8)21(12)16(26)28-18(4,5)6/h10,12,14H,9H2,1-8H3,(H,22,23). The van der Waals surface area contributed by atoms with Crippen molar-refractivity contribution in [2.45, 2.75) is 95.3 Å². The summed E-state index contributed by atoms with van der Waals surface area (Å²) in [6.45, 7) is 13.8. The predicted molar refractivity (Wildman–Crippen MR) is 106 cm³/mol. The van der Waals surface area contributed by atoms with Gasteiger partial charge in [0.2, 0.25) is 5.91 Å². The molecule has 2 aliphatic rings. The molecule has 2 amide bonds. The average Bonchev–Trinajstić information content (AvgIpc) is 2.70. The molecule has 2 aliphatic heterocycles. The molecule has 3 unspecified atom stereocenters. The molecular formula is C19H30N2O7S. The molecule has 1 N–H and O–H groups in total. The fourth-order valence-electron chi connectivity index (χ4n) is 3.32. The second kappa shape index (κ2) is 7.37. The van der Waals surface area contributed by atoms with Crippen LogP contribution in [0.15, 0.2) is 0 Å². The Balaban J connectivity index is 2.29. The minimum atomic E-state index is -1.26. The van der Waals surface area contributed by atoms with Crippen molar-refractivity contribution in [3.8, 4) is 0 Å². The minimum absolute atomic E-state index is 0.490. The number of carbonyl (C=O) groups is 4. The van der Waals surface area contributed by atoms with Gasteiger partial charge in [0, 0.05) is 0 Å². The summed E-state index contributed by atoms with van der Waals surface area (Å²) in [4.78, 5) is 51.5. The molecule has 0 spiro atoms. The third-order valence-electron chi connectivity index (χ3n) is 4.29. The summed E-state index contributed by atoms with van der Waals surface area (Å²) < 4.78 is 10.8. The van der Waals surface area contributed by atoms with Crippen molar-refractivity contribution < 1.29 is 33.8 Å². The summed E-state index contributed by atoms with van der Waals surface area (Å²) in [5.74, 6) is -2.49. The number of rotatable bonds is 4. The molecule has 0 aliphatic carbocycles. The van der Waals surface area contributed by atoms with Crippen LogP contribution in [0, 0.1) is 0 Å². The molecule has 0 aromatic carbocycles. The van der Waals surface area contributed by atoms with Crippen molar-refractivity contribution >= 4 is 35.7 Å². The van der Waals surface area contributed by atoms with E-state index in [1.807, 2.05) is 0 Å². The Morgan fingerprint density at radius 1 is 1.10 bits per heavy atom. The van der Waals surface area contributed by atoms with Gasteiger partial charge in [-0.2, -0.15) is 0 Å². The SMILES string of the molecule is CC(C)(C)OC(=O)C(CC(=O)O)N1C(=O)C2C1SC(C)(C)N2C(=O)OC(C)(C)C. The highest BCUT2D eigenvalue weighted by molar-refractivity contribution is 8.01. The zero-order chi connectivity index (χ0) is 22.5. The Morgan fingerprint density at radius 2 is 1.62 bits per heavy atom. The molecule has 0 aromatic heterocycles. The van der Waals surface area contributed by atoms with E-state index in [-0.39, 0.29) is 0 Å². The molecule has 3 atom stereocenters. The molecule has 29 heavy (non-hydrogen) atoms. The number of hydrogen-bond acceptors (Lipinski definition) is 7. The molecule has 0 bridgehead atoms. The van der Waals surface area contributed by atoms with Gasteiger partial charge < -0.3 is 19.5 Å². The van der Waals surface area contributed by atoms with E-state index < -0.39 is 63.9 Å². The van der Waals surface area contributed by atoms with Gasteiger partial charge in [0.05, 0.1) is 11.3 Å². The largest absolute Gasteiger partial charge is 0.481 e. The number of carboxylic acids is 1. The number of esters is 1. The van der Waals surface area contributed by atoms with Crippen molar-refractivity contribution in [2.75, 3.05) is 0 Å². The van der Waals surface area contributed by atoms with E-state index in [0.717, 1.165) is 0 Å². The monoisotopic (exact) mass is 430 g/mol. The van der Waals surface area contributed by atoms with Gasteiger partial charge in [-0.1, -0.05) is 0 Å². The number of hydrogen-bond donors (Lipinski definition) is 1. The van der Waals surface area contributed by atoms with Crippen LogP contribution >= 0.6 is 11.8 Å². The second-order valence-electron chi connectivity index (χ2n) is 9.64. The minimum Gasteiger partial charge on any atom is -0.481 e. The lowest BCUT2D eigenvalue weighted by Gasteiger charge is -2.47. The summed E-state index contributed by atoms with van der Waals surface area (Å²) in [5, 5.41) is 8.71. The van der Waals surface area contributed by atoms with Crippen LogP contribution in [0.3, 0.4) is 0 Å². The number of amides is 2. The zero-order valence-electron chi connectivity index (χ0n) is 18.1. The molecule has 0 aromatic rings. The van der Waals surface area contributed by atoms with Crippen LogP contribution < -0.4 is 0 Å². The number of likely N-dealkylation sites (tertiary alicyclic amines) is 1. The predicted octanol–water partition coefficient (Wildman–Crippen LogP) is 2.43. The van der Waals surface area contributed by atoms with Gasteiger partial charge in [-0.15, -0.1) is 11.8 Å². The van der Waals surface area contributed by atoms with Crippen LogP contribution in [0.4, 0.5) is 4.79 Å². The highest BCUT2D eigenvalue weighted by Crippen LogP contribution is 2.52. The quantitative estimate of drug-likeness (QED) is 0.534. The summed E-state index contributed by atoms with van der Waals surface area (Å²) in [6, 6.07) is -2.08. The van der Waals surface area contributed by atoms with Gasteiger partial charge in [-0.05, 0) is 55.4 Å². The smallest absolute Gasteiger partial charge is 0.412 e. The molecular weight excluding hydrogens is 400 g/mol. The van der Waals surface area contributed by atoms with Crippen LogP contribution in [0.25, 0.3) is 0 Å². The molecule has 9 nitrogen and oxygen atoms in total. The Hall–Kier alpha value is -1.97. The topological polar surface area (TPSA) is 113 Å². The number of aliphatic carboxylic acids is 1. The molecule has 2 heterocycles. The van der Waals surface area contributed by atoms with E-state index in [4.69, 9.17) is 9.47 Å². The number of nitrogens with zero attached hydrogens (tertiary/aromatic N) is 2. The molecule has 164 valence electrons. The Bertz CT molecular complexity index is 723. The van der Waals surface area contributed by atoms with Crippen molar-refractivity contribution in [1.82, 2.24) is 9.80 Å². The van der Waals surface area contributed by atoms with Gasteiger partial charge in [0.15, 0.2) is 0 Å². The zero-order valence-corrected chi connectivity index (χ0v) is 19.0. The Morgan fingerprint density at radius 3 is 2.07 bits per heavy atom. The van der Waals surface area contributed by atoms with E-state index in [1.54, 1.807) is 55.4 Å². The second-order valence-corrected chi connectivity index (χ2v) is 11.4. The van der Waals surface area contributed by atoms with Crippen LogP contribution in [-0.2, 0) is 23.9 Å². The number of ether oxygens (including phenoxy) is 2. The number of fused-ring (bicyclic) bond motifs is 1. The van der Waals surface area contributed by atoms with E-state index in [0.29, 0.717) is 0 Å². The maximum Gasteiger partial charge on any atom is 0.412 e. The molecule has 2 saturated heterocycles. The normalized spacial score (nSPS) is 24.5. The van der Waals surface area contributed by atoms with E-state index >= 15 is 0 Å². The summed E-state index contributed by atoms with van der Waals surface area (Å²) in [6.07, 6.45) is -1.19. The fourth-order valence-corrected chi connectivity index (χ4v) is 4.95. The van der Waals surface area contributed by atoms with Crippen LogP contribution in [-0.4, -0.2) is 72.4 Å². The summed E-state index contributed by atoms with van der Waals surface area (Å²) >= 11 is 1.31. The van der Waals surface area contributed by atoms with Gasteiger partial charge in [-0.3, -0.25) is 14.5 Å². The number of β-lactam (4-membered cyclic amide) rings is 1. The molecule has 2 fully saturated rings. The van der Waals surface area contributed by atoms with Crippen molar-refractivity contribution in [1.29, 1.82) is 0 Å². The Labute approximate surface area is 175 Å². The average molecular weight is 431 g/mol. The number of carbonyl (C=O) groups excluding carboxylic acids is 3. The summed E-state index contributed by atoms with van der Waals surface area (Å²) in [7, 11) is 0. The molecule has 2 rings (SSSR count). The van der Waals surface area contributed by atoms with Gasteiger partial charge in [0.25, 0.3) is 0 Å². The molecule has 0 saturated carbocycles. The van der Waals surface area contributed by atoms with Crippen LogP contribution in [0.2, 0.25) is 0 Å². The van der Waals surface area contributed by atoms with Gasteiger partial charge in [-0.25, -0.2) is 9.59 Å². The van der Waals surface area contributed by atoms with Crippen molar-refractivity contribution in [3.63, 3.8) is 0 Å². The molecule has 0 radical (unpaired) electrons. The first kappa shape index (κ1) is 23.3. The van der Waals surface area contributed by atoms with Crippen molar-refractivity contribution in [2.24, 2.45) is 0 Å². The van der Waals surface area contributed by atoms with Crippen LogP contribution in [0.5, 0.6) is 0 Å². The lowest BCUT2D eigenvalue weighted by atomic mass is 9.99. The fraction of sp³-hybridized carbons (Fsp3) is 0.789. The first-order chi connectivity index (χ1) is 12.9. The van der Waals surface area contributed by atoms with Crippen molar-refractivity contribution in [3.05, 3.63) is 0 Å².